The van der Waals surface area contributed by atoms with Gasteiger partial charge in [0, 0.05) is 0 Å². The summed E-state index contributed by atoms with van der Waals surface area (Å²) in [4.78, 5) is 0. The molecule has 0 N–H and O–H groups in total. The molecule has 2 nitrogen and oxygen atoms in total. The number of hydrogen-bond acceptors (Lipinski definition) is 2. The molecule has 0 fully saturated rings. The zero-order valence-corrected chi connectivity index (χ0v) is 8.20. The van der Waals surface area contributed by atoms with Crippen LogP contribution in [0.4, 0.5) is 0 Å². The van der Waals surface area contributed by atoms with Gasteiger partial charge in [0.05, 0.1) is 0 Å². The number of nitrogens with zero attached hydrogens (tertiary/aromatic N) is 2. The molecular formula is C7H4BN2Na. The van der Waals surface area contributed by atoms with E-state index in [-0.39, 0.29) is 31.0 Å². The van der Waals surface area contributed by atoms with Gasteiger partial charge < -0.3 is 1.43 Å². The summed E-state index contributed by atoms with van der Waals surface area (Å²) in [7, 11) is 0. The Morgan fingerprint density at radius 2 is 2.09 bits per heavy atom. The molecule has 0 bridgehead atoms. The number of nitriles is 2. The minimum absolute atomic E-state index is 0. The van der Waals surface area contributed by atoms with E-state index in [0.717, 1.165) is 0 Å². The van der Waals surface area contributed by atoms with Gasteiger partial charge in [0.15, 0.2) is 0 Å². The quantitative estimate of drug-likeness (QED) is 0.397. The zero-order chi connectivity index (χ0) is 7.40. The van der Waals surface area contributed by atoms with E-state index in [9.17, 15) is 0 Å². The molecule has 46 valence electrons. The van der Waals surface area contributed by atoms with Gasteiger partial charge in [-0.25, -0.2) is 0 Å². The van der Waals surface area contributed by atoms with E-state index in [1.54, 1.807) is 25.0 Å². The second-order valence-electron chi connectivity index (χ2n) is 1.77. The van der Waals surface area contributed by atoms with E-state index in [0.29, 0.717) is 11.0 Å². The standard InChI is InChI=1S/C7H3BN2.Na.H/c9-4-6-2-1-3-8-7(6)5-10;;/h1-3H;;/q;+1;-1. The Bertz CT molecular complexity index is 296. The van der Waals surface area contributed by atoms with Crippen molar-refractivity contribution in [1.82, 2.24) is 0 Å². The van der Waals surface area contributed by atoms with Crippen LogP contribution in [-0.4, -0.2) is 6.91 Å². The maximum absolute atomic E-state index is 8.45. The molecule has 0 saturated carbocycles. The van der Waals surface area contributed by atoms with Crippen molar-refractivity contribution >= 4 is 6.91 Å². The Morgan fingerprint density at radius 1 is 1.36 bits per heavy atom. The van der Waals surface area contributed by atoms with Gasteiger partial charge in [0.25, 0.3) is 0 Å². The predicted octanol–water partition coefficient (Wildman–Crippen LogP) is -2.12. The maximum atomic E-state index is 8.45. The minimum Gasteiger partial charge on any atom is -1.00 e. The SMILES string of the molecule is N#Cc1bcccc1C#N.[H-].[Na+]. The fourth-order valence-electron chi connectivity index (χ4n) is 0.678. The van der Waals surface area contributed by atoms with Crippen LogP contribution in [-0.2, 0) is 0 Å². The third-order valence-corrected chi connectivity index (χ3v) is 1.17. The largest absolute Gasteiger partial charge is 1.00 e. The predicted molar refractivity (Wildman–Crippen MR) is 38.3 cm³/mol. The van der Waals surface area contributed by atoms with Crippen molar-refractivity contribution in [2.75, 3.05) is 0 Å². The molecule has 0 radical (unpaired) electrons. The van der Waals surface area contributed by atoms with Gasteiger partial charge in [-0.15, -0.1) is 0 Å². The van der Waals surface area contributed by atoms with Crippen molar-refractivity contribution in [1.29, 1.82) is 10.5 Å². The van der Waals surface area contributed by atoms with Crippen molar-refractivity contribution in [2.45, 2.75) is 0 Å². The van der Waals surface area contributed by atoms with Gasteiger partial charge in [-0.2, -0.15) is 0 Å². The molecule has 0 amide bonds. The van der Waals surface area contributed by atoms with Crippen LogP contribution in [0.2, 0.25) is 0 Å². The van der Waals surface area contributed by atoms with Gasteiger partial charge in [-0.1, -0.05) is 0 Å². The Kier molecular flexibility index (Phi) is 4.82. The van der Waals surface area contributed by atoms with Crippen LogP contribution in [0.25, 0.3) is 0 Å². The van der Waals surface area contributed by atoms with Gasteiger partial charge in [0.1, 0.15) is 0 Å². The third-order valence-electron chi connectivity index (χ3n) is 1.17. The first-order valence-electron chi connectivity index (χ1n) is 2.77. The smallest absolute Gasteiger partial charge is 1.00 e. The molecule has 0 atom stereocenters. The minimum atomic E-state index is 0. The molecule has 0 unspecified atom stereocenters. The summed E-state index contributed by atoms with van der Waals surface area (Å²) >= 11 is 0. The molecule has 1 heterocycles. The summed E-state index contributed by atoms with van der Waals surface area (Å²) in [5.74, 6) is 1.74. The van der Waals surface area contributed by atoms with E-state index in [2.05, 4.69) is 0 Å². The molecule has 1 rings (SSSR count). The topological polar surface area (TPSA) is 47.6 Å². The van der Waals surface area contributed by atoms with Gasteiger partial charge >= 0.3 is 88.2 Å². The summed E-state index contributed by atoms with van der Waals surface area (Å²) < 4.78 is 0. The summed E-state index contributed by atoms with van der Waals surface area (Å²) in [5, 5.41) is 16.9. The van der Waals surface area contributed by atoms with Crippen LogP contribution in [0.5, 0.6) is 0 Å². The first-order chi connectivity index (χ1) is 4.88. The van der Waals surface area contributed by atoms with Crippen LogP contribution < -0.4 is 29.6 Å². The Morgan fingerprint density at radius 3 is 2.55 bits per heavy atom. The number of rotatable bonds is 0. The van der Waals surface area contributed by atoms with Crippen molar-refractivity contribution in [3.63, 3.8) is 0 Å². The normalized spacial score (nSPS) is 6.73. The Balaban J connectivity index is 0. The fourth-order valence-corrected chi connectivity index (χ4v) is 0.678. The van der Waals surface area contributed by atoms with Crippen LogP contribution >= 0.6 is 0 Å². The Labute approximate surface area is 89.4 Å². The number of hydrogen-bond donors (Lipinski definition) is 0. The molecular weight excluding hydrogens is 146 g/mol. The molecule has 0 spiro atoms. The van der Waals surface area contributed by atoms with Crippen LogP contribution in [0.3, 0.4) is 0 Å². The molecule has 4 heteroatoms. The summed E-state index contributed by atoms with van der Waals surface area (Å²) in [6.07, 6.45) is 0. The van der Waals surface area contributed by atoms with E-state index >= 15 is 0 Å². The van der Waals surface area contributed by atoms with Gasteiger partial charge in [0.2, 0.25) is 0 Å². The van der Waals surface area contributed by atoms with Crippen LogP contribution in [0.1, 0.15) is 12.4 Å². The van der Waals surface area contributed by atoms with Crippen LogP contribution in [0, 0.1) is 22.7 Å². The Hall–Kier alpha value is -0.605. The van der Waals surface area contributed by atoms with E-state index in [1.807, 2.05) is 12.1 Å². The van der Waals surface area contributed by atoms with Gasteiger partial charge in [-0.05, 0) is 0 Å². The molecule has 1 aromatic rings. The molecule has 0 saturated heterocycles. The van der Waals surface area contributed by atoms with Crippen molar-refractivity contribution in [3.8, 4) is 12.1 Å². The summed E-state index contributed by atoms with van der Waals surface area (Å²) in [6.45, 7) is 1.62. The second kappa shape index (κ2) is 5.10. The third kappa shape index (κ3) is 2.48. The summed E-state index contributed by atoms with van der Waals surface area (Å²) in [6, 6.07) is 7.21. The molecule has 0 aliphatic rings. The van der Waals surface area contributed by atoms with Crippen LogP contribution in [0.15, 0.2) is 18.1 Å². The molecule has 0 aliphatic heterocycles. The summed E-state index contributed by atoms with van der Waals surface area (Å²) in [5.41, 5.74) is 0.870. The molecule has 0 aromatic carbocycles. The zero-order valence-electron chi connectivity index (χ0n) is 7.20. The first kappa shape index (κ1) is 10.4. The second-order valence-corrected chi connectivity index (χ2v) is 1.77. The average molecular weight is 150 g/mol. The van der Waals surface area contributed by atoms with Crippen molar-refractivity contribution in [3.05, 3.63) is 29.1 Å². The molecule has 0 aliphatic carbocycles. The van der Waals surface area contributed by atoms with Gasteiger partial charge in [-0.3, -0.25) is 0 Å². The van der Waals surface area contributed by atoms with E-state index in [4.69, 9.17) is 10.5 Å². The first-order valence-corrected chi connectivity index (χ1v) is 2.77. The molecule has 1 aromatic heterocycles. The van der Waals surface area contributed by atoms with Crippen molar-refractivity contribution < 1.29 is 31.0 Å². The van der Waals surface area contributed by atoms with Crippen molar-refractivity contribution in [2.24, 2.45) is 0 Å². The van der Waals surface area contributed by atoms with E-state index < -0.39 is 0 Å². The maximum Gasteiger partial charge on any atom is 1.00 e. The fraction of sp³-hybridized carbons (Fsp3) is 0. The average Bonchev–Trinajstić information content (AvgIpc) is 2.04. The molecule has 11 heavy (non-hydrogen) atoms. The van der Waals surface area contributed by atoms with E-state index in [1.165, 1.54) is 0 Å². The monoisotopic (exact) mass is 150 g/mol.